The van der Waals surface area contributed by atoms with Gasteiger partial charge in [-0.1, -0.05) is 25.3 Å². The van der Waals surface area contributed by atoms with Crippen LogP contribution < -0.4 is 0 Å². The molecule has 1 aromatic carbocycles. The van der Waals surface area contributed by atoms with Crippen LogP contribution in [-0.2, 0) is 17.9 Å². The van der Waals surface area contributed by atoms with Crippen LogP contribution in [0.15, 0.2) is 24.4 Å². The summed E-state index contributed by atoms with van der Waals surface area (Å²) in [4.78, 5) is 6.75. The average molecular weight is 314 g/mol. The van der Waals surface area contributed by atoms with E-state index >= 15 is 0 Å². The molecule has 0 radical (unpaired) electrons. The van der Waals surface area contributed by atoms with Gasteiger partial charge >= 0.3 is 0 Å². The third kappa shape index (κ3) is 3.48. The third-order valence-corrected chi connectivity index (χ3v) is 4.95. The maximum atomic E-state index is 10.7. The SMILES string of the molecule is COCc1cc(CN(C)C2CCCCC2)c(O)c2ncccc12. The number of phenols is 1. The lowest BCUT2D eigenvalue weighted by Crippen LogP contribution is -2.32. The van der Waals surface area contributed by atoms with E-state index in [4.69, 9.17) is 4.74 Å². The van der Waals surface area contributed by atoms with Gasteiger partial charge in [0, 0.05) is 36.8 Å². The van der Waals surface area contributed by atoms with Crippen molar-refractivity contribution in [1.82, 2.24) is 9.88 Å². The number of rotatable bonds is 5. The molecule has 1 heterocycles. The number of methoxy groups -OCH3 is 1. The van der Waals surface area contributed by atoms with Crippen molar-refractivity contribution in [2.45, 2.75) is 51.3 Å². The fourth-order valence-electron chi connectivity index (χ4n) is 3.68. The maximum absolute atomic E-state index is 10.7. The summed E-state index contributed by atoms with van der Waals surface area (Å²) in [6, 6.07) is 6.58. The zero-order valence-electron chi connectivity index (χ0n) is 14.1. The van der Waals surface area contributed by atoms with Crippen LogP contribution in [0.2, 0.25) is 0 Å². The highest BCUT2D eigenvalue weighted by Crippen LogP contribution is 2.32. The van der Waals surface area contributed by atoms with Crippen LogP contribution in [0.5, 0.6) is 5.75 Å². The van der Waals surface area contributed by atoms with Gasteiger partial charge < -0.3 is 9.84 Å². The van der Waals surface area contributed by atoms with E-state index in [1.807, 2.05) is 12.1 Å². The highest BCUT2D eigenvalue weighted by molar-refractivity contribution is 5.88. The number of aromatic nitrogens is 1. The van der Waals surface area contributed by atoms with E-state index in [9.17, 15) is 5.11 Å². The first-order valence-electron chi connectivity index (χ1n) is 8.48. The highest BCUT2D eigenvalue weighted by atomic mass is 16.5. The number of aromatic hydroxyl groups is 1. The Balaban J connectivity index is 1.91. The molecule has 1 N–H and O–H groups in total. The standard InChI is InChI=1S/C19H26N2O2/c1-21(16-7-4-3-5-8-16)12-14-11-15(13-23-2)17-9-6-10-20-18(17)19(14)22/h6,9-11,16,22H,3-5,7-8,12-13H2,1-2H3. The molecule has 1 fully saturated rings. The largest absolute Gasteiger partial charge is 0.505 e. The number of ether oxygens (including phenoxy) is 1. The normalized spacial score (nSPS) is 16.3. The van der Waals surface area contributed by atoms with Gasteiger partial charge in [0.15, 0.2) is 0 Å². The second-order valence-corrected chi connectivity index (χ2v) is 6.58. The smallest absolute Gasteiger partial charge is 0.146 e. The van der Waals surface area contributed by atoms with Crippen LogP contribution in [0.3, 0.4) is 0 Å². The Morgan fingerprint density at radius 1 is 1.26 bits per heavy atom. The molecule has 2 aromatic rings. The summed E-state index contributed by atoms with van der Waals surface area (Å²) in [7, 11) is 3.86. The Hall–Kier alpha value is -1.65. The van der Waals surface area contributed by atoms with Crippen molar-refractivity contribution < 1.29 is 9.84 Å². The summed E-state index contributed by atoms with van der Waals surface area (Å²) in [5.74, 6) is 0.308. The van der Waals surface area contributed by atoms with Crippen LogP contribution in [0.25, 0.3) is 10.9 Å². The quantitative estimate of drug-likeness (QED) is 0.910. The Bertz CT molecular complexity index is 666. The van der Waals surface area contributed by atoms with Crippen molar-refractivity contribution in [3.05, 3.63) is 35.5 Å². The lowest BCUT2D eigenvalue weighted by atomic mass is 9.94. The van der Waals surface area contributed by atoms with Gasteiger partial charge in [-0.3, -0.25) is 9.88 Å². The van der Waals surface area contributed by atoms with Crippen molar-refractivity contribution in [2.75, 3.05) is 14.2 Å². The number of pyridine rings is 1. The Kier molecular flexibility index (Phi) is 5.13. The van der Waals surface area contributed by atoms with Gasteiger partial charge in [0.1, 0.15) is 11.3 Å². The third-order valence-electron chi connectivity index (χ3n) is 4.95. The zero-order valence-corrected chi connectivity index (χ0v) is 14.1. The van der Waals surface area contributed by atoms with E-state index in [1.165, 1.54) is 32.1 Å². The molecule has 0 aliphatic heterocycles. The second kappa shape index (κ2) is 7.28. The molecule has 0 amide bonds. The minimum atomic E-state index is 0.308. The molecular formula is C19H26N2O2. The molecule has 0 saturated heterocycles. The fourth-order valence-corrected chi connectivity index (χ4v) is 3.68. The highest BCUT2D eigenvalue weighted by Gasteiger charge is 2.20. The van der Waals surface area contributed by atoms with Gasteiger partial charge in [0.2, 0.25) is 0 Å². The van der Waals surface area contributed by atoms with E-state index in [1.54, 1.807) is 13.3 Å². The van der Waals surface area contributed by atoms with Gasteiger partial charge in [-0.15, -0.1) is 0 Å². The monoisotopic (exact) mass is 314 g/mol. The Morgan fingerprint density at radius 2 is 2.04 bits per heavy atom. The zero-order chi connectivity index (χ0) is 16.2. The first-order valence-corrected chi connectivity index (χ1v) is 8.48. The number of benzene rings is 1. The van der Waals surface area contributed by atoms with Crippen molar-refractivity contribution in [3.8, 4) is 5.75 Å². The summed E-state index contributed by atoms with van der Waals surface area (Å²) in [5, 5.41) is 11.6. The fraction of sp³-hybridized carbons (Fsp3) is 0.526. The molecule has 23 heavy (non-hydrogen) atoms. The number of hydrogen-bond acceptors (Lipinski definition) is 4. The van der Waals surface area contributed by atoms with Crippen LogP contribution in [0, 0.1) is 0 Å². The molecule has 1 aromatic heterocycles. The molecule has 1 aliphatic rings. The minimum absolute atomic E-state index is 0.308. The summed E-state index contributed by atoms with van der Waals surface area (Å²) < 4.78 is 5.33. The number of hydrogen-bond donors (Lipinski definition) is 1. The van der Waals surface area contributed by atoms with Gasteiger partial charge in [-0.05, 0) is 37.6 Å². The van der Waals surface area contributed by atoms with Gasteiger partial charge in [-0.2, -0.15) is 0 Å². The van der Waals surface area contributed by atoms with Crippen molar-refractivity contribution in [3.63, 3.8) is 0 Å². The number of phenolic OH excluding ortho intramolecular Hbond substituents is 1. The summed E-state index contributed by atoms with van der Waals surface area (Å²) in [6.45, 7) is 1.28. The van der Waals surface area contributed by atoms with E-state index < -0.39 is 0 Å². The predicted molar refractivity (Wildman–Crippen MR) is 92.5 cm³/mol. The molecule has 0 unspecified atom stereocenters. The molecule has 124 valence electrons. The topological polar surface area (TPSA) is 45.6 Å². The van der Waals surface area contributed by atoms with Gasteiger partial charge in [0.25, 0.3) is 0 Å². The lowest BCUT2D eigenvalue weighted by molar-refractivity contribution is 0.180. The molecule has 1 aliphatic carbocycles. The molecular weight excluding hydrogens is 288 g/mol. The van der Waals surface area contributed by atoms with Crippen molar-refractivity contribution in [2.24, 2.45) is 0 Å². The van der Waals surface area contributed by atoms with Gasteiger partial charge in [-0.25, -0.2) is 0 Å². The summed E-state index contributed by atoms with van der Waals surface area (Å²) in [6.07, 6.45) is 8.23. The van der Waals surface area contributed by atoms with Crippen molar-refractivity contribution in [1.29, 1.82) is 0 Å². The molecule has 4 nitrogen and oxygen atoms in total. The van der Waals surface area contributed by atoms with E-state index in [0.717, 1.165) is 23.1 Å². The lowest BCUT2D eigenvalue weighted by Gasteiger charge is -2.31. The van der Waals surface area contributed by atoms with Crippen LogP contribution in [0.1, 0.15) is 43.2 Å². The Morgan fingerprint density at radius 3 is 2.78 bits per heavy atom. The number of nitrogens with zero attached hydrogens (tertiary/aromatic N) is 2. The van der Waals surface area contributed by atoms with Crippen LogP contribution in [-0.4, -0.2) is 35.2 Å². The van der Waals surface area contributed by atoms with Crippen LogP contribution >= 0.6 is 0 Å². The van der Waals surface area contributed by atoms with Crippen LogP contribution in [0.4, 0.5) is 0 Å². The first-order chi connectivity index (χ1) is 11.2. The molecule has 3 rings (SSSR count). The second-order valence-electron chi connectivity index (χ2n) is 6.58. The summed E-state index contributed by atoms with van der Waals surface area (Å²) in [5.41, 5.74) is 2.70. The number of fused-ring (bicyclic) bond motifs is 1. The van der Waals surface area contributed by atoms with E-state index in [0.29, 0.717) is 23.9 Å². The van der Waals surface area contributed by atoms with Crippen molar-refractivity contribution >= 4 is 10.9 Å². The van der Waals surface area contributed by atoms with E-state index in [-0.39, 0.29) is 0 Å². The molecule has 1 saturated carbocycles. The molecule has 0 bridgehead atoms. The maximum Gasteiger partial charge on any atom is 0.146 e. The minimum Gasteiger partial charge on any atom is -0.505 e. The molecule has 4 heteroatoms. The molecule has 0 atom stereocenters. The Labute approximate surface area is 138 Å². The summed E-state index contributed by atoms with van der Waals surface area (Å²) >= 11 is 0. The van der Waals surface area contributed by atoms with Gasteiger partial charge in [0.05, 0.1) is 6.61 Å². The first kappa shape index (κ1) is 16.2. The average Bonchev–Trinajstić information content (AvgIpc) is 2.60. The van der Waals surface area contributed by atoms with E-state index in [2.05, 4.69) is 23.0 Å². The molecule has 0 spiro atoms. The predicted octanol–water partition coefficient (Wildman–Crippen LogP) is 3.85.